The van der Waals surface area contributed by atoms with E-state index in [0.29, 0.717) is 23.2 Å². The summed E-state index contributed by atoms with van der Waals surface area (Å²) in [5, 5.41) is 22.5. The van der Waals surface area contributed by atoms with Gasteiger partial charge in [0.15, 0.2) is 11.0 Å². The number of ether oxygens (including phenoxy) is 1. The van der Waals surface area contributed by atoms with E-state index in [4.69, 9.17) is 16.3 Å². The van der Waals surface area contributed by atoms with Crippen molar-refractivity contribution in [1.29, 1.82) is 0 Å². The number of amides is 1. The molecule has 1 N–H and O–H groups in total. The molecule has 3 rings (SSSR count). The number of carbonyl (C=O) groups excluding carboxylic acids is 1. The van der Waals surface area contributed by atoms with E-state index in [1.807, 2.05) is 42.7 Å². The number of nitro groups is 1. The predicted octanol–water partition coefficient (Wildman–Crippen LogP) is 4.48. The summed E-state index contributed by atoms with van der Waals surface area (Å²) in [5.74, 6) is 1.12. The third-order valence-electron chi connectivity index (χ3n) is 4.26. The highest BCUT2D eigenvalue weighted by atomic mass is 35.5. The molecule has 0 saturated carbocycles. The van der Waals surface area contributed by atoms with Gasteiger partial charge in [-0.15, -0.1) is 10.2 Å². The summed E-state index contributed by atoms with van der Waals surface area (Å²) in [7, 11) is 0. The Hall–Kier alpha value is -3.11. The minimum absolute atomic E-state index is 0.00815. The van der Waals surface area contributed by atoms with Gasteiger partial charge in [-0.3, -0.25) is 14.9 Å². The number of hydrogen-bond acceptors (Lipinski definition) is 7. The maximum absolute atomic E-state index is 12.3. The summed E-state index contributed by atoms with van der Waals surface area (Å²) < 4.78 is 7.64. The summed E-state index contributed by atoms with van der Waals surface area (Å²) in [6.07, 6.45) is 0. The quantitative estimate of drug-likeness (QED) is 0.284. The van der Waals surface area contributed by atoms with Gasteiger partial charge in [-0.25, -0.2) is 0 Å². The number of nitro benzene ring substituents is 1. The van der Waals surface area contributed by atoms with E-state index in [9.17, 15) is 14.9 Å². The molecule has 0 aliphatic heterocycles. The van der Waals surface area contributed by atoms with E-state index < -0.39 is 4.92 Å². The van der Waals surface area contributed by atoms with E-state index in [2.05, 4.69) is 15.5 Å². The molecule has 162 valence electrons. The normalized spacial score (nSPS) is 10.7. The van der Waals surface area contributed by atoms with Gasteiger partial charge in [0.1, 0.15) is 17.4 Å². The van der Waals surface area contributed by atoms with Gasteiger partial charge in [0.05, 0.1) is 10.7 Å². The zero-order valence-corrected chi connectivity index (χ0v) is 18.4. The Bertz CT molecular complexity index is 1090. The van der Waals surface area contributed by atoms with Crippen LogP contribution in [0.2, 0.25) is 5.02 Å². The van der Waals surface area contributed by atoms with Crippen molar-refractivity contribution in [2.24, 2.45) is 0 Å². The van der Waals surface area contributed by atoms with Gasteiger partial charge >= 0.3 is 0 Å². The summed E-state index contributed by atoms with van der Waals surface area (Å²) in [6, 6.07) is 11.8. The number of rotatable bonds is 9. The molecular weight excluding hydrogens is 442 g/mol. The second-order valence-electron chi connectivity index (χ2n) is 6.50. The molecule has 0 spiro atoms. The lowest BCUT2D eigenvalue weighted by Crippen LogP contribution is -2.15. The second-order valence-corrected chi connectivity index (χ2v) is 7.85. The predicted molar refractivity (Wildman–Crippen MR) is 119 cm³/mol. The number of nitrogens with one attached hydrogen (secondary N) is 1. The Kier molecular flexibility index (Phi) is 7.48. The van der Waals surface area contributed by atoms with Crippen LogP contribution in [-0.4, -0.2) is 31.3 Å². The summed E-state index contributed by atoms with van der Waals surface area (Å²) >= 11 is 7.01. The van der Waals surface area contributed by atoms with Crippen LogP contribution in [0.25, 0.3) is 0 Å². The molecule has 0 aliphatic rings. The molecule has 0 fully saturated rings. The fraction of sp³-hybridized carbons (Fsp3) is 0.250. The number of anilines is 1. The van der Waals surface area contributed by atoms with Gasteiger partial charge in [0.25, 0.3) is 5.69 Å². The van der Waals surface area contributed by atoms with Crippen LogP contribution >= 0.6 is 23.4 Å². The average Bonchev–Trinajstić information content (AvgIpc) is 3.15. The molecule has 0 bridgehead atoms. The number of nitrogens with zero attached hydrogens (tertiary/aromatic N) is 4. The van der Waals surface area contributed by atoms with Gasteiger partial charge in [-0.2, -0.15) is 0 Å². The molecular formula is C20H20ClN5O4S. The van der Waals surface area contributed by atoms with Gasteiger partial charge in [-0.1, -0.05) is 41.1 Å². The lowest BCUT2D eigenvalue weighted by Gasteiger charge is -2.09. The zero-order valence-electron chi connectivity index (χ0n) is 16.9. The molecule has 31 heavy (non-hydrogen) atoms. The van der Waals surface area contributed by atoms with Gasteiger partial charge in [0.2, 0.25) is 5.91 Å². The van der Waals surface area contributed by atoms with Crippen molar-refractivity contribution < 1.29 is 14.5 Å². The van der Waals surface area contributed by atoms with Crippen LogP contribution in [0, 0.1) is 17.0 Å². The van der Waals surface area contributed by atoms with E-state index in [-0.39, 0.29) is 29.0 Å². The largest absolute Gasteiger partial charge is 0.486 e. The first-order valence-electron chi connectivity index (χ1n) is 9.35. The topological polar surface area (TPSA) is 112 Å². The molecule has 0 saturated heterocycles. The molecule has 9 nitrogen and oxygen atoms in total. The summed E-state index contributed by atoms with van der Waals surface area (Å²) in [5.41, 5.74) is 1.18. The Morgan fingerprint density at radius 3 is 2.68 bits per heavy atom. The van der Waals surface area contributed by atoms with Crippen molar-refractivity contribution in [3.63, 3.8) is 0 Å². The Morgan fingerprint density at radius 1 is 1.26 bits per heavy atom. The SMILES string of the molecule is CCn1c(COc2ccc(C)cc2)nnc1SCC(=O)Nc1ccc(Cl)c([N+](=O)[O-])c1. The molecule has 2 aromatic carbocycles. The third kappa shape index (κ3) is 5.96. The van der Waals surface area contributed by atoms with Crippen molar-refractivity contribution in [3.05, 3.63) is 69.0 Å². The molecule has 0 unspecified atom stereocenters. The van der Waals surface area contributed by atoms with E-state index in [1.165, 1.54) is 30.0 Å². The first kappa shape index (κ1) is 22.6. The molecule has 1 heterocycles. The standard InChI is InChI=1S/C20H20ClN5O4S/c1-3-25-18(11-30-15-7-4-13(2)5-8-15)23-24-20(25)31-12-19(27)22-14-6-9-16(21)17(10-14)26(28)29/h4-10H,3,11-12H2,1-2H3,(H,22,27). The lowest BCUT2D eigenvalue weighted by molar-refractivity contribution is -0.384. The lowest BCUT2D eigenvalue weighted by atomic mass is 10.2. The number of benzene rings is 2. The zero-order chi connectivity index (χ0) is 22.4. The van der Waals surface area contributed by atoms with Crippen LogP contribution in [0.3, 0.4) is 0 Å². The molecule has 11 heteroatoms. The van der Waals surface area contributed by atoms with Crippen LogP contribution in [0.1, 0.15) is 18.3 Å². The number of halogens is 1. The highest BCUT2D eigenvalue weighted by molar-refractivity contribution is 7.99. The van der Waals surface area contributed by atoms with Crippen molar-refractivity contribution in [3.8, 4) is 5.75 Å². The Balaban J connectivity index is 1.58. The van der Waals surface area contributed by atoms with Gasteiger partial charge in [0, 0.05) is 18.3 Å². The average molecular weight is 462 g/mol. The monoisotopic (exact) mass is 461 g/mol. The van der Waals surface area contributed by atoms with E-state index in [0.717, 1.165) is 11.3 Å². The number of thioether (sulfide) groups is 1. The van der Waals surface area contributed by atoms with Crippen molar-refractivity contribution in [1.82, 2.24) is 14.8 Å². The highest BCUT2D eigenvalue weighted by Gasteiger charge is 2.16. The third-order valence-corrected chi connectivity index (χ3v) is 5.54. The van der Waals surface area contributed by atoms with Crippen LogP contribution in [0.15, 0.2) is 47.6 Å². The number of aromatic nitrogens is 3. The fourth-order valence-electron chi connectivity index (χ4n) is 2.69. The molecule has 1 aromatic heterocycles. The van der Waals surface area contributed by atoms with Gasteiger partial charge < -0.3 is 14.6 Å². The van der Waals surface area contributed by atoms with Crippen molar-refractivity contribution in [2.45, 2.75) is 32.2 Å². The minimum Gasteiger partial charge on any atom is -0.486 e. The molecule has 0 atom stereocenters. The number of carbonyl (C=O) groups is 1. The summed E-state index contributed by atoms with van der Waals surface area (Å²) in [4.78, 5) is 22.7. The molecule has 3 aromatic rings. The molecule has 0 radical (unpaired) electrons. The molecule has 1 amide bonds. The highest BCUT2D eigenvalue weighted by Crippen LogP contribution is 2.27. The van der Waals surface area contributed by atoms with Gasteiger partial charge in [-0.05, 0) is 38.1 Å². The molecule has 0 aliphatic carbocycles. The number of hydrogen-bond donors (Lipinski definition) is 1. The van der Waals surface area contributed by atoms with Crippen molar-refractivity contribution in [2.75, 3.05) is 11.1 Å². The second kappa shape index (κ2) is 10.3. The van der Waals surface area contributed by atoms with Crippen LogP contribution < -0.4 is 10.1 Å². The number of aryl methyl sites for hydroxylation is 1. The van der Waals surface area contributed by atoms with E-state index in [1.54, 1.807) is 0 Å². The van der Waals surface area contributed by atoms with Crippen LogP contribution in [-0.2, 0) is 17.9 Å². The summed E-state index contributed by atoms with van der Waals surface area (Å²) in [6.45, 7) is 4.83. The maximum atomic E-state index is 12.3. The van der Waals surface area contributed by atoms with Crippen LogP contribution in [0.5, 0.6) is 5.75 Å². The van der Waals surface area contributed by atoms with E-state index >= 15 is 0 Å². The fourth-order valence-corrected chi connectivity index (χ4v) is 3.70. The first-order valence-corrected chi connectivity index (χ1v) is 10.7. The minimum atomic E-state index is -0.601. The van der Waals surface area contributed by atoms with Crippen LogP contribution in [0.4, 0.5) is 11.4 Å². The Morgan fingerprint density at radius 2 is 2.00 bits per heavy atom. The maximum Gasteiger partial charge on any atom is 0.289 e. The Labute approximate surface area is 187 Å². The first-order chi connectivity index (χ1) is 14.9. The smallest absolute Gasteiger partial charge is 0.289 e. The van der Waals surface area contributed by atoms with Crippen molar-refractivity contribution >= 4 is 40.6 Å².